The minimum atomic E-state index is 0.189. The van der Waals surface area contributed by atoms with Gasteiger partial charge in [-0.3, -0.25) is 4.79 Å². The Morgan fingerprint density at radius 1 is 1.53 bits per heavy atom. The van der Waals surface area contributed by atoms with Crippen molar-refractivity contribution in [3.8, 4) is 0 Å². The maximum Gasteiger partial charge on any atom is 0.242 e. The zero-order valence-electron chi connectivity index (χ0n) is 10.9. The molecule has 0 aliphatic heterocycles. The van der Waals surface area contributed by atoms with E-state index in [-0.39, 0.29) is 5.91 Å². The van der Waals surface area contributed by atoms with Crippen LogP contribution in [0, 0.1) is 0 Å². The number of fused-ring (bicyclic) bond motifs is 1. The highest BCUT2D eigenvalue weighted by Crippen LogP contribution is 2.26. The highest BCUT2D eigenvalue weighted by atomic mass is 32.1. The van der Waals surface area contributed by atoms with Gasteiger partial charge in [-0.05, 0) is 38.0 Å². The molecule has 1 amide bonds. The van der Waals surface area contributed by atoms with Gasteiger partial charge in [0.25, 0.3) is 0 Å². The lowest BCUT2D eigenvalue weighted by molar-refractivity contribution is -0.129. The van der Waals surface area contributed by atoms with Crippen molar-refractivity contribution in [2.24, 2.45) is 0 Å². The molecule has 0 unspecified atom stereocenters. The molecule has 1 fully saturated rings. The molecule has 1 aromatic carbocycles. The standard InChI is InChI=1S/C14H17N3OS/c1-2-17(11-4-5-11)14(18)8-15-10-3-6-12-13(7-10)19-9-16-12/h3,6-7,9,11,15H,2,4-5,8H2,1H3. The van der Waals surface area contributed by atoms with E-state index in [4.69, 9.17) is 0 Å². The Kier molecular flexibility index (Phi) is 3.38. The van der Waals surface area contributed by atoms with Gasteiger partial charge >= 0.3 is 0 Å². The minimum Gasteiger partial charge on any atom is -0.376 e. The van der Waals surface area contributed by atoms with Crippen LogP contribution in [0.25, 0.3) is 10.2 Å². The number of nitrogens with zero attached hydrogens (tertiary/aromatic N) is 2. The molecule has 19 heavy (non-hydrogen) atoms. The molecule has 1 aliphatic rings. The van der Waals surface area contributed by atoms with Gasteiger partial charge in [-0.2, -0.15) is 0 Å². The molecule has 3 rings (SSSR count). The molecule has 5 heteroatoms. The average molecular weight is 275 g/mol. The molecule has 1 aromatic heterocycles. The van der Waals surface area contributed by atoms with Crippen LogP contribution in [-0.4, -0.2) is 34.9 Å². The molecular weight excluding hydrogens is 258 g/mol. The monoisotopic (exact) mass is 275 g/mol. The van der Waals surface area contributed by atoms with Crippen LogP contribution in [0.1, 0.15) is 19.8 Å². The summed E-state index contributed by atoms with van der Waals surface area (Å²) in [5.41, 5.74) is 3.83. The van der Waals surface area contributed by atoms with Crippen molar-refractivity contribution >= 4 is 33.1 Å². The second kappa shape index (κ2) is 5.17. The summed E-state index contributed by atoms with van der Waals surface area (Å²) in [5, 5.41) is 3.21. The lowest BCUT2D eigenvalue weighted by Crippen LogP contribution is -2.37. The van der Waals surface area contributed by atoms with Crippen molar-refractivity contribution in [3.63, 3.8) is 0 Å². The van der Waals surface area contributed by atoms with Crippen LogP contribution in [-0.2, 0) is 4.79 Å². The third-order valence-corrected chi connectivity index (χ3v) is 4.22. The van der Waals surface area contributed by atoms with Crippen LogP contribution in [0.15, 0.2) is 23.7 Å². The summed E-state index contributed by atoms with van der Waals surface area (Å²) >= 11 is 1.61. The lowest BCUT2D eigenvalue weighted by Gasteiger charge is -2.20. The van der Waals surface area contributed by atoms with Crippen LogP contribution in [0.2, 0.25) is 0 Å². The second-order valence-corrected chi connectivity index (χ2v) is 5.69. The molecule has 100 valence electrons. The molecule has 1 saturated carbocycles. The van der Waals surface area contributed by atoms with Crippen LogP contribution in [0.3, 0.4) is 0 Å². The normalized spacial score (nSPS) is 14.6. The van der Waals surface area contributed by atoms with Crippen molar-refractivity contribution in [2.75, 3.05) is 18.4 Å². The van der Waals surface area contributed by atoms with Gasteiger partial charge in [0.1, 0.15) is 0 Å². The Morgan fingerprint density at radius 2 is 2.37 bits per heavy atom. The van der Waals surface area contributed by atoms with E-state index in [9.17, 15) is 4.79 Å². The van der Waals surface area contributed by atoms with Crippen molar-refractivity contribution in [1.29, 1.82) is 0 Å². The summed E-state index contributed by atoms with van der Waals surface area (Å²) in [6.45, 7) is 3.22. The van der Waals surface area contributed by atoms with Crippen molar-refractivity contribution in [1.82, 2.24) is 9.88 Å². The predicted octanol–water partition coefficient (Wildman–Crippen LogP) is 2.72. The smallest absolute Gasteiger partial charge is 0.242 e. The van der Waals surface area contributed by atoms with Gasteiger partial charge in [-0.25, -0.2) is 4.98 Å². The number of benzene rings is 1. The molecule has 4 nitrogen and oxygen atoms in total. The Hall–Kier alpha value is -1.62. The van der Waals surface area contributed by atoms with Crippen LogP contribution in [0.5, 0.6) is 0 Å². The summed E-state index contributed by atoms with van der Waals surface area (Å²) in [6, 6.07) is 6.50. The van der Waals surface area contributed by atoms with Crippen LogP contribution in [0.4, 0.5) is 5.69 Å². The third kappa shape index (κ3) is 2.71. The molecular formula is C14H17N3OS. The van der Waals surface area contributed by atoms with Gasteiger partial charge in [0.2, 0.25) is 5.91 Å². The Labute approximate surface area is 116 Å². The summed E-state index contributed by atoms with van der Waals surface area (Å²) in [6.07, 6.45) is 2.32. The average Bonchev–Trinajstić information content (AvgIpc) is 3.14. The molecule has 1 aliphatic carbocycles. The van der Waals surface area contributed by atoms with E-state index >= 15 is 0 Å². The summed E-state index contributed by atoms with van der Waals surface area (Å²) in [4.78, 5) is 18.3. The van der Waals surface area contributed by atoms with E-state index in [1.54, 1.807) is 11.3 Å². The number of rotatable bonds is 5. The highest BCUT2D eigenvalue weighted by molar-refractivity contribution is 7.16. The second-order valence-electron chi connectivity index (χ2n) is 4.80. The van der Waals surface area contributed by atoms with Gasteiger partial charge in [0.15, 0.2) is 0 Å². The number of amides is 1. The number of thiazole rings is 1. The number of carbonyl (C=O) groups is 1. The van der Waals surface area contributed by atoms with Gasteiger partial charge in [0.05, 0.1) is 22.3 Å². The zero-order chi connectivity index (χ0) is 13.2. The van der Waals surface area contributed by atoms with Gasteiger partial charge in [-0.15, -0.1) is 11.3 Å². The largest absolute Gasteiger partial charge is 0.376 e. The number of anilines is 1. The zero-order valence-corrected chi connectivity index (χ0v) is 11.7. The number of hydrogen-bond donors (Lipinski definition) is 1. The van der Waals surface area contributed by atoms with Gasteiger partial charge in [-0.1, -0.05) is 0 Å². The van der Waals surface area contributed by atoms with E-state index < -0.39 is 0 Å². The van der Waals surface area contributed by atoms with E-state index in [0.29, 0.717) is 12.6 Å². The Balaban J connectivity index is 1.63. The fourth-order valence-electron chi connectivity index (χ4n) is 2.27. The SMILES string of the molecule is CCN(C(=O)CNc1ccc2ncsc2c1)C1CC1. The summed E-state index contributed by atoms with van der Waals surface area (Å²) in [5.74, 6) is 0.189. The number of hydrogen-bond acceptors (Lipinski definition) is 4. The molecule has 0 spiro atoms. The highest BCUT2D eigenvalue weighted by Gasteiger charge is 2.30. The molecule has 0 bridgehead atoms. The first-order valence-electron chi connectivity index (χ1n) is 6.64. The minimum absolute atomic E-state index is 0.189. The van der Waals surface area contributed by atoms with Gasteiger partial charge < -0.3 is 10.2 Å². The molecule has 1 N–H and O–H groups in total. The summed E-state index contributed by atoms with van der Waals surface area (Å²) < 4.78 is 1.15. The fraction of sp³-hybridized carbons (Fsp3) is 0.429. The van der Waals surface area contributed by atoms with E-state index in [1.807, 2.05) is 35.5 Å². The third-order valence-electron chi connectivity index (χ3n) is 3.42. The topological polar surface area (TPSA) is 45.2 Å². The lowest BCUT2D eigenvalue weighted by atomic mass is 10.3. The Morgan fingerprint density at radius 3 is 3.11 bits per heavy atom. The number of carbonyl (C=O) groups excluding carboxylic acids is 1. The number of likely N-dealkylation sites (N-methyl/N-ethyl adjacent to an activating group) is 1. The fourth-order valence-corrected chi connectivity index (χ4v) is 2.99. The van der Waals surface area contributed by atoms with Gasteiger partial charge in [0, 0.05) is 18.3 Å². The quantitative estimate of drug-likeness (QED) is 0.912. The maximum absolute atomic E-state index is 12.1. The van der Waals surface area contributed by atoms with Crippen molar-refractivity contribution < 1.29 is 4.79 Å². The predicted molar refractivity (Wildman–Crippen MR) is 78.5 cm³/mol. The number of nitrogens with one attached hydrogen (secondary N) is 1. The molecule has 0 atom stereocenters. The van der Waals surface area contributed by atoms with E-state index in [1.165, 1.54) is 0 Å². The Bertz CT molecular complexity index is 591. The van der Waals surface area contributed by atoms with Crippen LogP contribution < -0.4 is 5.32 Å². The molecule has 0 saturated heterocycles. The molecule has 0 radical (unpaired) electrons. The summed E-state index contributed by atoms with van der Waals surface area (Å²) in [7, 11) is 0. The first-order valence-corrected chi connectivity index (χ1v) is 7.52. The maximum atomic E-state index is 12.1. The first-order chi connectivity index (χ1) is 9.28. The van der Waals surface area contributed by atoms with E-state index in [0.717, 1.165) is 35.3 Å². The van der Waals surface area contributed by atoms with E-state index in [2.05, 4.69) is 10.3 Å². The number of aromatic nitrogens is 1. The van der Waals surface area contributed by atoms with Crippen molar-refractivity contribution in [3.05, 3.63) is 23.7 Å². The first kappa shape index (κ1) is 12.4. The molecule has 2 aromatic rings. The van der Waals surface area contributed by atoms with Crippen LogP contribution >= 0.6 is 11.3 Å². The van der Waals surface area contributed by atoms with Crippen molar-refractivity contribution in [2.45, 2.75) is 25.8 Å². The molecule has 1 heterocycles.